The van der Waals surface area contributed by atoms with Gasteiger partial charge in [0.05, 0.1) is 30.8 Å². The molecule has 1 aromatic heterocycles. The predicted molar refractivity (Wildman–Crippen MR) is 145 cm³/mol. The van der Waals surface area contributed by atoms with Crippen LogP contribution in [0, 0.1) is 0 Å². The molecule has 4 rings (SSSR count). The van der Waals surface area contributed by atoms with Crippen molar-refractivity contribution < 1.29 is 54.2 Å². The highest BCUT2D eigenvalue weighted by molar-refractivity contribution is 5.86. The third-order valence-electron chi connectivity index (χ3n) is 6.53. The summed E-state index contributed by atoms with van der Waals surface area (Å²) in [4.78, 5) is 13.0. The van der Waals surface area contributed by atoms with Crippen LogP contribution in [0.1, 0.15) is 33.4 Å². The van der Waals surface area contributed by atoms with Crippen LogP contribution in [0.4, 0.5) is 45.5 Å². The first-order chi connectivity index (χ1) is 21.3. The minimum atomic E-state index is -5.14. The van der Waals surface area contributed by atoms with Gasteiger partial charge in [0, 0.05) is 24.7 Å². The number of benzene rings is 3. The highest BCUT2D eigenvalue weighted by Gasteiger charge is 2.37. The Morgan fingerprint density at radius 1 is 0.848 bits per heavy atom. The van der Waals surface area contributed by atoms with Crippen molar-refractivity contribution in [3.63, 3.8) is 0 Å². The lowest BCUT2D eigenvalue weighted by molar-refractivity contribution is -0.143. The fourth-order valence-corrected chi connectivity index (χ4v) is 4.51. The van der Waals surface area contributed by atoms with Gasteiger partial charge in [0.2, 0.25) is 0 Å². The summed E-state index contributed by atoms with van der Waals surface area (Å²) in [7, 11) is 2.62. The highest BCUT2D eigenvalue weighted by atomic mass is 19.4. The Kier molecular flexibility index (Phi) is 9.35. The Labute approximate surface area is 254 Å². The molecular weight excluding hydrogens is 637 g/mol. The molecule has 0 spiro atoms. The van der Waals surface area contributed by atoms with Crippen LogP contribution >= 0.6 is 0 Å². The molecule has 46 heavy (non-hydrogen) atoms. The summed E-state index contributed by atoms with van der Waals surface area (Å²) in [6.45, 7) is -1.26. The van der Waals surface area contributed by atoms with E-state index < -0.39 is 59.8 Å². The zero-order valence-electron chi connectivity index (χ0n) is 23.7. The van der Waals surface area contributed by atoms with Crippen LogP contribution < -0.4 is 9.64 Å². The number of aryl methyl sites for hydroxylation is 1. The third-order valence-corrected chi connectivity index (χ3v) is 6.53. The van der Waals surface area contributed by atoms with Crippen LogP contribution in [0.5, 0.6) is 5.75 Å². The van der Waals surface area contributed by atoms with Gasteiger partial charge in [0.1, 0.15) is 5.75 Å². The first-order valence-electron chi connectivity index (χ1n) is 12.9. The van der Waals surface area contributed by atoms with Crippen LogP contribution in [0.15, 0.2) is 60.7 Å². The van der Waals surface area contributed by atoms with Gasteiger partial charge in [-0.25, -0.2) is 4.79 Å². The van der Waals surface area contributed by atoms with Crippen LogP contribution in [0.25, 0.3) is 17.2 Å². The number of tetrazole rings is 1. The number of methoxy groups -OCH3 is 1. The second kappa shape index (κ2) is 12.7. The second-order valence-electron chi connectivity index (χ2n) is 9.85. The number of halogens is 9. The number of aromatic nitrogens is 4. The van der Waals surface area contributed by atoms with Gasteiger partial charge in [-0.3, -0.25) is 0 Å². The SMILES string of the molecule is COc1ccc(/C=C/C(=O)O)cc1-c1ccc(C(F)(F)F)cc1CN(Cc1cc(C(F)(F)F)cc(C(F)(F)F)c1)c1nnn(C)n1. The summed E-state index contributed by atoms with van der Waals surface area (Å²) < 4.78 is 128. The summed E-state index contributed by atoms with van der Waals surface area (Å²) in [5.41, 5.74) is -4.17. The van der Waals surface area contributed by atoms with Crippen molar-refractivity contribution in [1.29, 1.82) is 0 Å². The Morgan fingerprint density at radius 3 is 2.00 bits per heavy atom. The van der Waals surface area contributed by atoms with Crippen molar-refractivity contribution in [3.8, 4) is 16.9 Å². The van der Waals surface area contributed by atoms with Crippen molar-refractivity contribution in [1.82, 2.24) is 20.2 Å². The van der Waals surface area contributed by atoms with E-state index in [9.17, 15) is 44.3 Å². The molecule has 0 bridgehead atoms. The molecule has 4 aromatic rings. The van der Waals surface area contributed by atoms with E-state index in [1.165, 1.54) is 38.4 Å². The van der Waals surface area contributed by atoms with Gasteiger partial charge in [0.25, 0.3) is 5.95 Å². The molecule has 0 saturated heterocycles. The van der Waals surface area contributed by atoms with E-state index in [-0.39, 0.29) is 34.5 Å². The molecule has 1 heterocycles. The molecule has 0 aliphatic carbocycles. The number of hydrogen-bond acceptors (Lipinski definition) is 6. The number of rotatable bonds is 9. The topological polar surface area (TPSA) is 93.4 Å². The molecule has 0 radical (unpaired) electrons. The number of hydrogen-bond donors (Lipinski definition) is 1. The van der Waals surface area contributed by atoms with Gasteiger partial charge in [-0.1, -0.05) is 17.2 Å². The lowest BCUT2D eigenvalue weighted by Gasteiger charge is -2.25. The van der Waals surface area contributed by atoms with E-state index in [1.807, 2.05) is 0 Å². The minimum absolute atomic E-state index is 0.0443. The van der Waals surface area contributed by atoms with E-state index in [0.29, 0.717) is 17.7 Å². The molecule has 0 aliphatic rings. The molecule has 0 unspecified atom stereocenters. The first-order valence-corrected chi connectivity index (χ1v) is 12.9. The van der Waals surface area contributed by atoms with Gasteiger partial charge in [-0.2, -0.15) is 44.3 Å². The fourth-order valence-electron chi connectivity index (χ4n) is 4.51. The van der Waals surface area contributed by atoms with Crippen LogP contribution in [0.3, 0.4) is 0 Å². The zero-order valence-corrected chi connectivity index (χ0v) is 23.7. The molecular formula is C29H22F9N5O3. The number of carbonyl (C=O) groups is 1. The third kappa shape index (κ3) is 8.13. The maximum Gasteiger partial charge on any atom is 0.416 e. The Bertz CT molecular complexity index is 1730. The summed E-state index contributed by atoms with van der Waals surface area (Å²) in [6, 6.07) is 8.00. The quantitative estimate of drug-likeness (QED) is 0.150. The fraction of sp³-hybridized carbons (Fsp3) is 0.241. The number of carboxylic acid groups (broad SMARTS) is 1. The molecule has 8 nitrogen and oxygen atoms in total. The normalized spacial score (nSPS) is 12.5. The van der Waals surface area contributed by atoms with E-state index in [4.69, 9.17) is 9.84 Å². The van der Waals surface area contributed by atoms with E-state index in [1.54, 1.807) is 0 Å². The van der Waals surface area contributed by atoms with Gasteiger partial charge < -0.3 is 14.7 Å². The molecule has 244 valence electrons. The molecule has 3 aromatic carbocycles. The smallest absolute Gasteiger partial charge is 0.416 e. The van der Waals surface area contributed by atoms with Gasteiger partial charge in [-0.15, -0.1) is 5.10 Å². The molecule has 0 amide bonds. The Morgan fingerprint density at radius 2 is 1.48 bits per heavy atom. The summed E-state index contributed by atoms with van der Waals surface area (Å²) in [5.74, 6) is -1.39. The van der Waals surface area contributed by atoms with E-state index in [0.717, 1.165) is 34.0 Å². The lowest BCUT2D eigenvalue weighted by atomic mass is 9.94. The van der Waals surface area contributed by atoms with Crippen molar-refractivity contribution in [2.24, 2.45) is 7.05 Å². The average molecular weight is 660 g/mol. The molecule has 0 saturated carbocycles. The van der Waals surface area contributed by atoms with E-state index in [2.05, 4.69) is 15.4 Å². The predicted octanol–water partition coefficient (Wildman–Crippen LogP) is 7.25. The average Bonchev–Trinajstić information content (AvgIpc) is 3.40. The van der Waals surface area contributed by atoms with Crippen LogP contribution in [-0.2, 0) is 43.5 Å². The summed E-state index contributed by atoms with van der Waals surface area (Å²) in [5, 5.41) is 20.4. The lowest BCUT2D eigenvalue weighted by Crippen LogP contribution is -2.25. The van der Waals surface area contributed by atoms with Crippen LogP contribution in [0.2, 0.25) is 0 Å². The maximum atomic E-state index is 13.9. The first kappa shape index (κ1) is 33.8. The maximum absolute atomic E-state index is 13.9. The van der Waals surface area contributed by atoms with Gasteiger partial charge in [0.15, 0.2) is 0 Å². The van der Waals surface area contributed by atoms with Crippen molar-refractivity contribution in [2.45, 2.75) is 31.6 Å². The standard InChI is InChI=1S/C29H22F9N5O3/c1-42-40-26(39-41-42)43(14-17-9-20(28(33,34)35)13-21(10-17)29(36,37)38)15-18-12-19(27(30,31)32)5-6-22(18)23-11-16(4-8-25(44)45)3-7-24(23)46-2/h3-13H,14-15H2,1-2H3,(H,44,45)/b8-4+. The molecule has 0 fully saturated rings. The number of alkyl halides is 9. The largest absolute Gasteiger partial charge is 0.496 e. The summed E-state index contributed by atoms with van der Waals surface area (Å²) in [6.07, 6.45) is -13.0. The van der Waals surface area contributed by atoms with Crippen LogP contribution in [-0.4, -0.2) is 38.4 Å². The molecule has 0 aliphatic heterocycles. The number of nitrogens with zero attached hydrogens (tertiary/aromatic N) is 5. The van der Waals surface area contributed by atoms with Gasteiger partial charge >= 0.3 is 24.5 Å². The summed E-state index contributed by atoms with van der Waals surface area (Å²) >= 11 is 0. The van der Waals surface area contributed by atoms with Gasteiger partial charge in [-0.05, 0) is 76.0 Å². The molecule has 17 heteroatoms. The van der Waals surface area contributed by atoms with Crippen molar-refractivity contribution >= 4 is 18.0 Å². The van der Waals surface area contributed by atoms with Crippen molar-refractivity contribution in [3.05, 3.63) is 94.1 Å². The Hall–Kier alpha value is -5.09. The number of anilines is 1. The zero-order chi connectivity index (χ0) is 34.0. The highest BCUT2D eigenvalue weighted by Crippen LogP contribution is 2.40. The molecule has 0 atom stereocenters. The number of aliphatic carboxylic acids is 1. The van der Waals surface area contributed by atoms with Crippen molar-refractivity contribution in [2.75, 3.05) is 12.0 Å². The monoisotopic (exact) mass is 659 g/mol. The van der Waals surface area contributed by atoms with E-state index >= 15 is 0 Å². The Balaban J connectivity index is 1.90. The second-order valence-corrected chi connectivity index (χ2v) is 9.85. The molecule has 1 N–H and O–H groups in total. The minimum Gasteiger partial charge on any atom is -0.496 e. The number of ether oxygens (including phenoxy) is 1. The number of carboxylic acids is 1.